The number of carbonyl (C=O) groups is 2. The highest BCUT2D eigenvalue weighted by atomic mass is 16.6. The molecule has 5 nitrogen and oxygen atoms in total. The van der Waals surface area contributed by atoms with E-state index < -0.39 is 6.10 Å². The van der Waals surface area contributed by atoms with Crippen molar-refractivity contribution in [3.63, 3.8) is 0 Å². The number of hydrogen-bond donors (Lipinski definition) is 0. The van der Waals surface area contributed by atoms with Crippen LogP contribution in [0.4, 0.5) is 0 Å². The smallest absolute Gasteiger partial charge is 0.306 e. The average Bonchev–Trinajstić information content (AvgIpc) is 3.20. The van der Waals surface area contributed by atoms with Crippen molar-refractivity contribution in [1.29, 1.82) is 0 Å². The molecule has 0 aromatic carbocycles. The van der Waals surface area contributed by atoms with Gasteiger partial charge in [0.1, 0.15) is 6.61 Å². The molecule has 56 heavy (non-hydrogen) atoms. The molecule has 1 atom stereocenters. The fourth-order valence-corrected chi connectivity index (χ4v) is 6.82. The standard InChI is InChI=1S/C51H92O5/c1-4-7-10-13-16-19-22-25-26-28-29-32-35-38-41-44-50(52)55-48-49(47-54-46-43-40-37-34-31-24-21-18-15-12-9-6-3)56-51(53)45-42-39-36-33-30-27-23-20-17-14-11-8-5-2/h8,11,17,20,27,30,36,39,49H,4-7,9-10,12-16,18-19,21-26,28-29,31-35,37-38,40-48H2,1-3H3/b11-8-,20-17-,30-27-,39-36-. The first-order valence-electron chi connectivity index (χ1n) is 24.2. The van der Waals surface area contributed by atoms with Gasteiger partial charge in [-0.2, -0.15) is 0 Å². The van der Waals surface area contributed by atoms with E-state index >= 15 is 0 Å². The zero-order valence-corrected chi connectivity index (χ0v) is 37.4. The Labute approximate surface area is 348 Å². The van der Waals surface area contributed by atoms with Crippen molar-refractivity contribution in [2.45, 2.75) is 245 Å². The molecule has 1 unspecified atom stereocenters. The van der Waals surface area contributed by atoms with Gasteiger partial charge in [-0.3, -0.25) is 9.59 Å². The largest absolute Gasteiger partial charge is 0.462 e. The molecule has 326 valence electrons. The fourth-order valence-electron chi connectivity index (χ4n) is 6.82. The number of ether oxygens (including phenoxy) is 3. The topological polar surface area (TPSA) is 61.8 Å². The van der Waals surface area contributed by atoms with Crippen LogP contribution >= 0.6 is 0 Å². The minimum atomic E-state index is -0.567. The summed E-state index contributed by atoms with van der Waals surface area (Å²) in [4.78, 5) is 25.3. The van der Waals surface area contributed by atoms with Crippen LogP contribution in [0.3, 0.4) is 0 Å². The summed E-state index contributed by atoms with van der Waals surface area (Å²) in [5.74, 6) is -0.480. The van der Waals surface area contributed by atoms with Crippen molar-refractivity contribution in [3.05, 3.63) is 48.6 Å². The lowest BCUT2D eigenvalue weighted by atomic mass is 10.0. The lowest BCUT2D eigenvalue weighted by Crippen LogP contribution is -2.30. The Morgan fingerprint density at radius 1 is 0.411 bits per heavy atom. The molecule has 0 heterocycles. The molecule has 0 rings (SSSR count). The van der Waals surface area contributed by atoms with Crippen LogP contribution in [0.15, 0.2) is 48.6 Å². The molecular weight excluding hydrogens is 693 g/mol. The van der Waals surface area contributed by atoms with Crippen LogP contribution in [0.2, 0.25) is 0 Å². The molecule has 0 saturated carbocycles. The third-order valence-electron chi connectivity index (χ3n) is 10.4. The molecule has 0 aromatic heterocycles. The van der Waals surface area contributed by atoms with Gasteiger partial charge in [-0.05, 0) is 44.9 Å². The van der Waals surface area contributed by atoms with Crippen molar-refractivity contribution in [2.24, 2.45) is 0 Å². The van der Waals surface area contributed by atoms with E-state index in [1.807, 2.05) is 6.08 Å². The van der Waals surface area contributed by atoms with E-state index in [0.29, 0.717) is 25.9 Å². The van der Waals surface area contributed by atoms with Crippen LogP contribution in [-0.4, -0.2) is 37.9 Å². The molecular formula is C51H92O5. The molecule has 0 saturated heterocycles. The molecule has 0 aliphatic rings. The first-order valence-corrected chi connectivity index (χ1v) is 24.2. The molecule has 0 spiro atoms. The zero-order valence-electron chi connectivity index (χ0n) is 37.4. The number of allylic oxidation sites excluding steroid dienone is 8. The summed E-state index contributed by atoms with van der Waals surface area (Å²) < 4.78 is 17.3. The molecule has 0 aliphatic heterocycles. The van der Waals surface area contributed by atoms with E-state index in [1.54, 1.807) is 0 Å². The Hall–Kier alpha value is -2.14. The van der Waals surface area contributed by atoms with E-state index in [9.17, 15) is 9.59 Å². The van der Waals surface area contributed by atoms with Gasteiger partial charge in [-0.25, -0.2) is 0 Å². The third-order valence-corrected chi connectivity index (χ3v) is 10.4. The second-order valence-electron chi connectivity index (χ2n) is 16.0. The van der Waals surface area contributed by atoms with Gasteiger partial charge in [-0.1, -0.05) is 230 Å². The second-order valence-corrected chi connectivity index (χ2v) is 16.0. The molecule has 0 fully saturated rings. The number of rotatable bonds is 44. The summed E-state index contributed by atoms with van der Waals surface area (Å²) in [6, 6.07) is 0. The first kappa shape index (κ1) is 53.9. The lowest BCUT2D eigenvalue weighted by molar-refractivity contribution is -0.162. The van der Waals surface area contributed by atoms with Crippen molar-refractivity contribution >= 4 is 11.9 Å². The van der Waals surface area contributed by atoms with Gasteiger partial charge in [0.15, 0.2) is 6.10 Å². The molecule has 0 radical (unpaired) electrons. The summed E-state index contributed by atoms with van der Waals surface area (Å²) in [6.45, 7) is 7.66. The van der Waals surface area contributed by atoms with Crippen LogP contribution in [0, 0.1) is 0 Å². The number of hydrogen-bond acceptors (Lipinski definition) is 5. The van der Waals surface area contributed by atoms with Crippen LogP contribution in [-0.2, 0) is 23.8 Å². The highest BCUT2D eigenvalue weighted by molar-refractivity contribution is 5.70. The van der Waals surface area contributed by atoms with Crippen LogP contribution in [0.5, 0.6) is 0 Å². The minimum absolute atomic E-state index is 0.0612. The van der Waals surface area contributed by atoms with Gasteiger partial charge < -0.3 is 14.2 Å². The predicted octanol–water partition coefficient (Wildman–Crippen LogP) is 16.0. The van der Waals surface area contributed by atoms with Crippen LogP contribution in [0.1, 0.15) is 239 Å². The Bertz CT molecular complexity index is 935. The molecule has 0 bridgehead atoms. The minimum Gasteiger partial charge on any atom is -0.462 e. The third kappa shape index (κ3) is 44.6. The van der Waals surface area contributed by atoms with Crippen LogP contribution in [0.25, 0.3) is 0 Å². The maximum Gasteiger partial charge on any atom is 0.306 e. The average molecular weight is 785 g/mol. The quantitative estimate of drug-likeness (QED) is 0.0350. The van der Waals surface area contributed by atoms with Crippen molar-refractivity contribution in [2.75, 3.05) is 19.8 Å². The molecule has 0 N–H and O–H groups in total. The Morgan fingerprint density at radius 2 is 0.804 bits per heavy atom. The van der Waals surface area contributed by atoms with Crippen molar-refractivity contribution in [1.82, 2.24) is 0 Å². The van der Waals surface area contributed by atoms with E-state index in [1.165, 1.54) is 148 Å². The molecule has 0 amide bonds. The van der Waals surface area contributed by atoms with E-state index in [4.69, 9.17) is 14.2 Å². The van der Waals surface area contributed by atoms with Gasteiger partial charge >= 0.3 is 11.9 Å². The summed E-state index contributed by atoms with van der Waals surface area (Å²) in [5.41, 5.74) is 0. The Balaban J connectivity index is 4.31. The van der Waals surface area contributed by atoms with E-state index in [2.05, 4.69) is 63.3 Å². The van der Waals surface area contributed by atoms with E-state index in [-0.39, 0.29) is 25.2 Å². The highest BCUT2D eigenvalue weighted by Crippen LogP contribution is 2.15. The zero-order chi connectivity index (χ0) is 40.7. The molecule has 5 heteroatoms. The van der Waals surface area contributed by atoms with Gasteiger partial charge in [0.25, 0.3) is 0 Å². The Kier molecular flexibility index (Phi) is 45.4. The van der Waals surface area contributed by atoms with Gasteiger partial charge in [0.05, 0.1) is 6.61 Å². The number of esters is 2. The monoisotopic (exact) mass is 785 g/mol. The Morgan fingerprint density at radius 3 is 1.25 bits per heavy atom. The van der Waals surface area contributed by atoms with E-state index in [0.717, 1.165) is 51.4 Å². The van der Waals surface area contributed by atoms with Gasteiger partial charge in [0, 0.05) is 19.4 Å². The second kappa shape index (κ2) is 47.2. The molecule has 0 aliphatic carbocycles. The lowest BCUT2D eigenvalue weighted by Gasteiger charge is -2.18. The number of carbonyl (C=O) groups excluding carboxylic acids is 2. The summed E-state index contributed by atoms with van der Waals surface area (Å²) in [7, 11) is 0. The fraction of sp³-hybridized carbons (Fsp3) is 0.804. The maximum absolute atomic E-state index is 12.7. The summed E-state index contributed by atoms with van der Waals surface area (Å²) in [5, 5.41) is 0. The normalized spacial score (nSPS) is 12.6. The van der Waals surface area contributed by atoms with Crippen LogP contribution < -0.4 is 0 Å². The highest BCUT2D eigenvalue weighted by Gasteiger charge is 2.17. The summed E-state index contributed by atoms with van der Waals surface area (Å²) >= 11 is 0. The maximum atomic E-state index is 12.7. The van der Waals surface area contributed by atoms with Gasteiger partial charge in [0.2, 0.25) is 0 Å². The first-order chi connectivity index (χ1) is 27.6. The SMILES string of the molecule is CC/C=C\C/C=C\C/C=C\C/C=C\CCC(=O)OC(COCCCCCCCCCCCCCC)COC(=O)CCCCCCCCCCCCCCCCC. The summed E-state index contributed by atoms with van der Waals surface area (Å²) in [6.07, 6.45) is 57.0. The molecule has 0 aromatic rings. The van der Waals surface area contributed by atoms with Gasteiger partial charge in [-0.15, -0.1) is 0 Å². The number of unbranched alkanes of at least 4 members (excludes halogenated alkanes) is 25. The predicted molar refractivity (Wildman–Crippen MR) is 242 cm³/mol. The van der Waals surface area contributed by atoms with Crippen molar-refractivity contribution < 1.29 is 23.8 Å². The van der Waals surface area contributed by atoms with Crippen molar-refractivity contribution in [3.8, 4) is 0 Å².